The lowest BCUT2D eigenvalue weighted by molar-refractivity contribution is 0.114. The number of nitrogens with two attached hydrogens (primary N) is 1. The van der Waals surface area contributed by atoms with Crippen LogP contribution in [0.2, 0.25) is 0 Å². The zero-order chi connectivity index (χ0) is 11.3. The summed E-state index contributed by atoms with van der Waals surface area (Å²) in [5, 5.41) is 3.80. The Bertz CT molecular complexity index is 286. The topological polar surface area (TPSA) is 74.2 Å². The normalized spacial score (nSPS) is 13.4. The Morgan fingerprint density at radius 2 is 2.20 bits per heavy atom. The summed E-state index contributed by atoms with van der Waals surface area (Å²) in [6, 6.07) is -0.197. The fraction of sp³-hybridized carbons (Fsp3) is 0.800. The van der Waals surface area contributed by atoms with Crippen molar-refractivity contribution in [2.45, 2.75) is 39.8 Å². The fourth-order valence-electron chi connectivity index (χ4n) is 1.05. The van der Waals surface area contributed by atoms with Crippen LogP contribution in [0.25, 0.3) is 0 Å². The van der Waals surface area contributed by atoms with E-state index in [1.54, 1.807) is 0 Å². The van der Waals surface area contributed by atoms with E-state index in [1.807, 2.05) is 13.8 Å². The maximum Gasteiger partial charge on any atom is 0.243 e. The van der Waals surface area contributed by atoms with Gasteiger partial charge in [0.15, 0.2) is 5.82 Å². The summed E-state index contributed by atoms with van der Waals surface area (Å²) < 4.78 is 10.3. The van der Waals surface area contributed by atoms with E-state index < -0.39 is 0 Å². The molecule has 0 aromatic carbocycles. The second kappa shape index (κ2) is 5.82. The van der Waals surface area contributed by atoms with Crippen molar-refractivity contribution in [3.63, 3.8) is 0 Å². The van der Waals surface area contributed by atoms with Crippen LogP contribution in [-0.4, -0.2) is 16.7 Å². The largest absolute Gasteiger partial charge is 0.373 e. The van der Waals surface area contributed by atoms with Crippen LogP contribution in [0.5, 0.6) is 0 Å². The first-order chi connectivity index (χ1) is 7.15. The maximum absolute atomic E-state index is 5.87. The van der Waals surface area contributed by atoms with Gasteiger partial charge in [-0.2, -0.15) is 4.98 Å². The molecule has 15 heavy (non-hydrogen) atoms. The highest BCUT2D eigenvalue weighted by atomic mass is 16.5. The van der Waals surface area contributed by atoms with Crippen molar-refractivity contribution < 1.29 is 9.26 Å². The zero-order valence-electron chi connectivity index (χ0n) is 9.56. The van der Waals surface area contributed by atoms with Crippen molar-refractivity contribution in [1.29, 1.82) is 0 Å². The third kappa shape index (κ3) is 3.60. The summed E-state index contributed by atoms with van der Waals surface area (Å²) in [7, 11) is 0. The Morgan fingerprint density at radius 3 is 2.80 bits per heavy atom. The second-order valence-electron chi connectivity index (χ2n) is 3.87. The third-order valence-corrected chi connectivity index (χ3v) is 2.07. The van der Waals surface area contributed by atoms with E-state index in [0.717, 1.165) is 6.42 Å². The summed E-state index contributed by atoms with van der Waals surface area (Å²) in [6.07, 6.45) is 0.982. The first-order valence-electron chi connectivity index (χ1n) is 5.31. The van der Waals surface area contributed by atoms with Gasteiger partial charge in [-0.15, -0.1) is 0 Å². The maximum atomic E-state index is 5.87. The van der Waals surface area contributed by atoms with E-state index in [9.17, 15) is 0 Å². The molecule has 0 saturated heterocycles. The molecule has 0 amide bonds. The Balaban J connectivity index is 2.48. The predicted octanol–water partition coefficient (Wildman–Crippen LogP) is 1.65. The highest BCUT2D eigenvalue weighted by molar-refractivity contribution is 4.91. The SMILES string of the molecule is CCCOCc1noc([C@@H](N)C(C)C)n1. The van der Waals surface area contributed by atoms with E-state index in [4.69, 9.17) is 15.0 Å². The summed E-state index contributed by atoms with van der Waals surface area (Å²) in [5.74, 6) is 1.34. The van der Waals surface area contributed by atoms with Gasteiger partial charge in [-0.25, -0.2) is 0 Å². The molecule has 1 aromatic rings. The molecule has 0 saturated carbocycles. The van der Waals surface area contributed by atoms with Crippen molar-refractivity contribution >= 4 is 0 Å². The molecule has 1 atom stereocenters. The van der Waals surface area contributed by atoms with Crippen LogP contribution in [-0.2, 0) is 11.3 Å². The highest BCUT2D eigenvalue weighted by Gasteiger charge is 2.17. The van der Waals surface area contributed by atoms with Crippen molar-refractivity contribution in [2.75, 3.05) is 6.61 Å². The molecule has 0 fully saturated rings. The molecular formula is C10H19N3O2. The van der Waals surface area contributed by atoms with Crippen LogP contribution >= 0.6 is 0 Å². The molecule has 1 heterocycles. The standard InChI is InChI=1S/C10H19N3O2/c1-4-5-14-6-8-12-10(15-13-8)9(11)7(2)3/h7,9H,4-6,11H2,1-3H3/t9-/m0/s1. The van der Waals surface area contributed by atoms with Crippen molar-refractivity contribution in [3.05, 3.63) is 11.7 Å². The van der Waals surface area contributed by atoms with Gasteiger partial charge >= 0.3 is 0 Å². The summed E-state index contributed by atoms with van der Waals surface area (Å²) in [5.41, 5.74) is 5.87. The minimum atomic E-state index is -0.197. The quantitative estimate of drug-likeness (QED) is 0.727. The molecule has 5 heteroatoms. The lowest BCUT2D eigenvalue weighted by Gasteiger charge is -2.09. The van der Waals surface area contributed by atoms with Crippen LogP contribution in [0, 0.1) is 5.92 Å². The van der Waals surface area contributed by atoms with Gasteiger partial charge in [0.1, 0.15) is 6.61 Å². The average molecular weight is 213 g/mol. The molecule has 86 valence electrons. The number of hydrogen-bond acceptors (Lipinski definition) is 5. The van der Waals surface area contributed by atoms with Gasteiger partial charge in [-0.05, 0) is 12.3 Å². The van der Waals surface area contributed by atoms with Crippen molar-refractivity contribution in [3.8, 4) is 0 Å². The molecule has 0 aliphatic heterocycles. The third-order valence-electron chi connectivity index (χ3n) is 2.07. The van der Waals surface area contributed by atoms with Crippen molar-refractivity contribution in [1.82, 2.24) is 10.1 Å². The van der Waals surface area contributed by atoms with Crippen LogP contribution < -0.4 is 5.73 Å². The molecule has 0 spiro atoms. The van der Waals surface area contributed by atoms with E-state index in [-0.39, 0.29) is 12.0 Å². The van der Waals surface area contributed by atoms with Crippen LogP contribution in [0.1, 0.15) is 44.9 Å². The highest BCUT2D eigenvalue weighted by Crippen LogP contribution is 2.16. The molecule has 0 aliphatic carbocycles. The number of aromatic nitrogens is 2. The minimum Gasteiger partial charge on any atom is -0.373 e. The molecule has 0 unspecified atom stereocenters. The molecule has 2 N–H and O–H groups in total. The molecule has 1 rings (SSSR count). The van der Waals surface area contributed by atoms with E-state index in [1.165, 1.54) is 0 Å². The zero-order valence-corrected chi connectivity index (χ0v) is 9.56. The Labute approximate surface area is 90.0 Å². The molecule has 5 nitrogen and oxygen atoms in total. The van der Waals surface area contributed by atoms with Gasteiger partial charge in [0, 0.05) is 6.61 Å². The second-order valence-corrected chi connectivity index (χ2v) is 3.87. The van der Waals surface area contributed by atoms with E-state index >= 15 is 0 Å². The van der Waals surface area contributed by atoms with Crippen molar-refractivity contribution in [2.24, 2.45) is 11.7 Å². The summed E-state index contributed by atoms with van der Waals surface area (Å²) >= 11 is 0. The fourth-order valence-corrected chi connectivity index (χ4v) is 1.05. The lowest BCUT2D eigenvalue weighted by Crippen LogP contribution is -2.17. The van der Waals surface area contributed by atoms with Crippen LogP contribution in [0.15, 0.2) is 4.52 Å². The Morgan fingerprint density at radius 1 is 1.47 bits per heavy atom. The van der Waals surface area contributed by atoms with Gasteiger partial charge in [0.05, 0.1) is 6.04 Å². The lowest BCUT2D eigenvalue weighted by atomic mass is 10.1. The smallest absolute Gasteiger partial charge is 0.243 e. The Kier molecular flexibility index (Phi) is 4.71. The van der Waals surface area contributed by atoms with Gasteiger partial charge < -0.3 is 15.0 Å². The molecule has 0 radical (unpaired) electrons. The molecule has 1 aromatic heterocycles. The van der Waals surface area contributed by atoms with E-state index in [2.05, 4.69) is 17.1 Å². The van der Waals surface area contributed by atoms with Gasteiger partial charge in [0.2, 0.25) is 5.89 Å². The first kappa shape index (κ1) is 12.1. The number of hydrogen-bond donors (Lipinski definition) is 1. The number of ether oxygens (including phenoxy) is 1. The van der Waals surface area contributed by atoms with Gasteiger partial charge in [-0.3, -0.25) is 0 Å². The number of nitrogens with zero attached hydrogens (tertiary/aromatic N) is 2. The summed E-state index contributed by atoms with van der Waals surface area (Å²) in [4.78, 5) is 4.18. The van der Waals surface area contributed by atoms with Gasteiger partial charge in [0.25, 0.3) is 0 Å². The minimum absolute atomic E-state index is 0.197. The Hall–Kier alpha value is -0.940. The summed E-state index contributed by atoms with van der Waals surface area (Å²) in [6.45, 7) is 7.18. The van der Waals surface area contributed by atoms with Crippen LogP contribution in [0.4, 0.5) is 0 Å². The molecule has 0 aliphatic rings. The van der Waals surface area contributed by atoms with E-state index in [0.29, 0.717) is 24.9 Å². The monoisotopic (exact) mass is 213 g/mol. The molecule has 0 bridgehead atoms. The predicted molar refractivity (Wildman–Crippen MR) is 56.0 cm³/mol. The molecular weight excluding hydrogens is 194 g/mol. The van der Waals surface area contributed by atoms with Crippen LogP contribution in [0.3, 0.4) is 0 Å². The first-order valence-corrected chi connectivity index (χ1v) is 5.31. The van der Waals surface area contributed by atoms with Gasteiger partial charge in [-0.1, -0.05) is 25.9 Å². The number of rotatable bonds is 6. The average Bonchev–Trinajstić information content (AvgIpc) is 2.65.